The Morgan fingerprint density at radius 1 is 1.33 bits per heavy atom. The molecule has 0 saturated carbocycles. The third kappa shape index (κ3) is 4.64. The van der Waals surface area contributed by atoms with E-state index in [2.05, 4.69) is 22.0 Å². The van der Waals surface area contributed by atoms with Crippen LogP contribution < -0.4 is 4.74 Å². The molecule has 0 atom stereocenters. The van der Waals surface area contributed by atoms with Gasteiger partial charge in [-0.3, -0.25) is 0 Å². The predicted molar refractivity (Wildman–Crippen MR) is 88.2 cm³/mol. The van der Waals surface area contributed by atoms with Crippen molar-refractivity contribution in [1.29, 1.82) is 0 Å². The lowest BCUT2D eigenvalue weighted by atomic mass is 10.1. The van der Waals surface area contributed by atoms with Gasteiger partial charge in [-0.15, -0.1) is 10.2 Å². The van der Waals surface area contributed by atoms with Gasteiger partial charge in [-0.05, 0) is 30.0 Å². The molecule has 1 N–H and O–H groups in total. The summed E-state index contributed by atoms with van der Waals surface area (Å²) < 4.78 is 7.15. The third-order valence-electron chi connectivity index (χ3n) is 2.53. The van der Waals surface area contributed by atoms with E-state index in [9.17, 15) is 0 Å². The monoisotopic (exact) mass is 338 g/mol. The van der Waals surface area contributed by atoms with E-state index in [1.54, 1.807) is 42.0 Å². The van der Waals surface area contributed by atoms with Crippen LogP contribution in [-0.2, 0) is 5.75 Å². The van der Waals surface area contributed by atoms with Crippen LogP contribution in [0.15, 0.2) is 26.9 Å². The number of hydrogen-bond acceptors (Lipinski definition) is 7. The number of thioether (sulfide) groups is 2. The van der Waals surface area contributed by atoms with Crippen molar-refractivity contribution in [2.24, 2.45) is 0 Å². The Kier molecular flexibility index (Phi) is 6.39. The van der Waals surface area contributed by atoms with Crippen LogP contribution in [0, 0.1) is 11.8 Å². The molecule has 0 spiro atoms. The van der Waals surface area contributed by atoms with E-state index in [1.165, 1.54) is 0 Å². The van der Waals surface area contributed by atoms with Crippen molar-refractivity contribution in [2.45, 2.75) is 14.4 Å². The van der Waals surface area contributed by atoms with Crippen LogP contribution >= 0.6 is 34.9 Å². The minimum absolute atomic E-state index is 0.147. The van der Waals surface area contributed by atoms with Crippen molar-refractivity contribution in [2.75, 3.05) is 20.0 Å². The van der Waals surface area contributed by atoms with Crippen LogP contribution in [0.25, 0.3) is 0 Å². The van der Waals surface area contributed by atoms with E-state index in [0.717, 1.165) is 31.3 Å². The first-order chi connectivity index (χ1) is 10.3. The van der Waals surface area contributed by atoms with Gasteiger partial charge in [0.15, 0.2) is 8.68 Å². The molecular formula is C14H14N2O2S3. The standard InChI is InChI=1S/C14H14N2O2S3/c1-18-12-6-5-10(4-3-7-17)11(8-12)9-20-14-16-15-13(19-2)21-14/h5-6,8,17H,7,9H2,1-2H3. The van der Waals surface area contributed by atoms with Gasteiger partial charge in [0.1, 0.15) is 12.4 Å². The molecule has 0 fully saturated rings. The maximum absolute atomic E-state index is 8.83. The Bertz CT molecular complexity index is 662. The minimum Gasteiger partial charge on any atom is -0.497 e. The molecule has 0 aliphatic carbocycles. The fourth-order valence-electron chi connectivity index (χ4n) is 1.55. The predicted octanol–water partition coefficient (Wildman–Crippen LogP) is 2.90. The number of benzene rings is 1. The SMILES string of the molecule is COc1ccc(C#CCO)c(CSc2nnc(SC)s2)c1. The summed E-state index contributed by atoms with van der Waals surface area (Å²) >= 11 is 4.80. The van der Waals surface area contributed by atoms with Gasteiger partial charge in [-0.1, -0.05) is 46.7 Å². The molecule has 0 aliphatic heterocycles. The number of rotatable bonds is 5. The Balaban J connectivity index is 2.16. The molecule has 2 aromatic rings. The Labute approximate surface area is 136 Å². The molecule has 21 heavy (non-hydrogen) atoms. The Morgan fingerprint density at radius 3 is 2.81 bits per heavy atom. The summed E-state index contributed by atoms with van der Waals surface area (Å²) in [5, 5.41) is 17.1. The lowest BCUT2D eigenvalue weighted by Gasteiger charge is -2.06. The first kappa shape index (κ1) is 16.2. The zero-order chi connectivity index (χ0) is 15.1. The largest absolute Gasteiger partial charge is 0.497 e. The normalized spacial score (nSPS) is 10.0. The first-order valence-corrected chi connectivity index (χ1v) is 9.06. The second-order valence-electron chi connectivity index (χ2n) is 3.81. The smallest absolute Gasteiger partial charge is 0.175 e. The summed E-state index contributed by atoms with van der Waals surface area (Å²) in [5.74, 6) is 7.17. The number of hydrogen-bond donors (Lipinski definition) is 1. The molecule has 110 valence electrons. The third-order valence-corrected chi connectivity index (χ3v) is 5.61. The molecule has 4 nitrogen and oxygen atoms in total. The highest BCUT2D eigenvalue weighted by atomic mass is 32.2. The maximum Gasteiger partial charge on any atom is 0.175 e. The second kappa shape index (κ2) is 8.29. The van der Waals surface area contributed by atoms with E-state index in [-0.39, 0.29) is 6.61 Å². The highest BCUT2D eigenvalue weighted by Crippen LogP contribution is 2.31. The van der Waals surface area contributed by atoms with Crippen molar-refractivity contribution in [1.82, 2.24) is 10.2 Å². The van der Waals surface area contributed by atoms with Gasteiger partial charge in [-0.25, -0.2) is 0 Å². The number of nitrogens with zero attached hydrogens (tertiary/aromatic N) is 2. The van der Waals surface area contributed by atoms with Crippen LogP contribution in [0.2, 0.25) is 0 Å². The van der Waals surface area contributed by atoms with Gasteiger partial charge in [-0.2, -0.15) is 0 Å². The molecule has 0 amide bonds. The fourth-order valence-corrected chi connectivity index (χ4v) is 3.98. The molecule has 0 saturated heterocycles. The summed E-state index contributed by atoms with van der Waals surface area (Å²) in [5.41, 5.74) is 1.95. The highest BCUT2D eigenvalue weighted by Gasteiger charge is 2.07. The molecule has 1 aromatic carbocycles. The van der Waals surface area contributed by atoms with Gasteiger partial charge >= 0.3 is 0 Å². The van der Waals surface area contributed by atoms with Crippen molar-refractivity contribution >= 4 is 34.9 Å². The second-order valence-corrected chi connectivity index (χ2v) is 7.06. The lowest BCUT2D eigenvalue weighted by molar-refractivity contribution is 0.350. The van der Waals surface area contributed by atoms with Crippen molar-refractivity contribution in [3.63, 3.8) is 0 Å². The molecule has 0 radical (unpaired) electrons. The number of aliphatic hydroxyl groups excluding tert-OH is 1. The summed E-state index contributed by atoms with van der Waals surface area (Å²) in [4.78, 5) is 0. The van der Waals surface area contributed by atoms with Gasteiger partial charge < -0.3 is 9.84 Å². The fraction of sp³-hybridized carbons (Fsp3) is 0.286. The van der Waals surface area contributed by atoms with Crippen LogP contribution in [0.3, 0.4) is 0 Å². The first-order valence-electron chi connectivity index (χ1n) is 6.03. The maximum atomic E-state index is 8.83. The zero-order valence-corrected chi connectivity index (χ0v) is 14.1. The van der Waals surface area contributed by atoms with E-state index < -0.39 is 0 Å². The topological polar surface area (TPSA) is 55.2 Å². The number of ether oxygens (including phenoxy) is 1. The van der Waals surface area contributed by atoms with E-state index >= 15 is 0 Å². The Hall–Kier alpha value is -1.20. The van der Waals surface area contributed by atoms with Gasteiger partial charge in [0.2, 0.25) is 0 Å². The quantitative estimate of drug-likeness (QED) is 0.668. The molecule has 1 heterocycles. The van der Waals surface area contributed by atoms with Crippen molar-refractivity contribution < 1.29 is 9.84 Å². The number of methoxy groups -OCH3 is 1. The van der Waals surface area contributed by atoms with Gasteiger partial charge in [0.05, 0.1) is 7.11 Å². The lowest BCUT2D eigenvalue weighted by Crippen LogP contribution is -1.91. The van der Waals surface area contributed by atoms with Crippen molar-refractivity contribution in [3.8, 4) is 17.6 Å². The average Bonchev–Trinajstić information content (AvgIpc) is 2.99. The molecule has 0 bridgehead atoms. The molecule has 7 heteroatoms. The number of aromatic nitrogens is 2. The van der Waals surface area contributed by atoms with E-state index in [4.69, 9.17) is 9.84 Å². The minimum atomic E-state index is -0.147. The van der Waals surface area contributed by atoms with Gasteiger partial charge in [0, 0.05) is 11.3 Å². The Morgan fingerprint density at radius 2 is 2.14 bits per heavy atom. The van der Waals surface area contributed by atoms with Crippen LogP contribution in [0.4, 0.5) is 0 Å². The molecule has 2 rings (SSSR count). The van der Waals surface area contributed by atoms with Crippen LogP contribution in [-0.4, -0.2) is 35.3 Å². The molecular weight excluding hydrogens is 324 g/mol. The highest BCUT2D eigenvalue weighted by molar-refractivity contribution is 8.02. The van der Waals surface area contributed by atoms with E-state index in [0.29, 0.717) is 0 Å². The average molecular weight is 338 g/mol. The summed E-state index contributed by atoms with van der Waals surface area (Å²) in [7, 11) is 1.64. The summed E-state index contributed by atoms with van der Waals surface area (Å²) in [6, 6.07) is 5.74. The zero-order valence-electron chi connectivity index (χ0n) is 11.6. The van der Waals surface area contributed by atoms with Gasteiger partial charge in [0.25, 0.3) is 0 Å². The molecule has 0 unspecified atom stereocenters. The van der Waals surface area contributed by atoms with Crippen molar-refractivity contribution in [3.05, 3.63) is 29.3 Å². The van der Waals surface area contributed by atoms with Crippen LogP contribution in [0.5, 0.6) is 5.75 Å². The summed E-state index contributed by atoms with van der Waals surface area (Å²) in [6.07, 6.45) is 1.99. The number of aliphatic hydroxyl groups is 1. The molecule has 1 aromatic heterocycles. The summed E-state index contributed by atoms with van der Waals surface area (Å²) in [6.45, 7) is -0.147. The molecule has 0 aliphatic rings. The van der Waals surface area contributed by atoms with Crippen LogP contribution in [0.1, 0.15) is 11.1 Å². The van der Waals surface area contributed by atoms with E-state index in [1.807, 2.05) is 24.5 Å².